The standard InChI is InChI=1S/C16H23NO3/c1-5-7-10-13-11(8-16(3,4)9-12(13)18)17-14(10)15(19)20-6-2/h17H,5-9H2,1-4H3. The zero-order valence-corrected chi connectivity index (χ0v) is 12.8. The van der Waals surface area contributed by atoms with Gasteiger partial charge in [0, 0.05) is 17.7 Å². The topological polar surface area (TPSA) is 59.2 Å². The Kier molecular flexibility index (Phi) is 4.02. The van der Waals surface area contributed by atoms with E-state index in [1.807, 2.05) is 6.92 Å². The first-order chi connectivity index (χ1) is 9.39. The van der Waals surface area contributed by atoms with Crippen LogP contribution in [0.5, 0.6) is 0 Å². The molecule has 0 radical (unpaired) electrons. The van der Waals surface area contributed by atoms with Gasteiger partial charge in [0.1, 0.15) is 5.69 Å². The van der Waals surface area contributed by atoms with E-state index >= 15 is 0 Å². The maximum atomic E-state index is 12.4. The lowest BCUT2D eigenvalue weighted by Gasteiger charge is -2.28. The second kappa shape index (κ2) is 5.43. The molecular weight excluding hydrogens is 254 g/mol. The lowest BCUT2D eigenvalue weighted by molar-refractivity contribution is 0.0518. The molecule has 1 aromatic rings. The van der Waals surface area contributed by atoms with Gasteiger partial charge in [-0.2, -0.15) is 0 Å². The number of carbonyl (C=O) groups is 2. The van der Waals surface area contributed by atoms with Gasteiger partial charge < -0.3 is 9.72 Å². The van der Waals surface area contributed by atoms with Gasteiger partial charge in [-0.3, -0.25) is 4.79 Å². The number of fused-ring (bicyclic) bond motifs is 1. The molecule has 0 spiro atoms. The summed E-state index contributed by atoms with van der Waals surface area (Å²) in [7, 11) is 0. The number of hydrogen-bond donors (Lipinski definition) is 1. The van der Waals surface area contributed by atoms with E-state index < -0.39 is 0 Å². The molecule has 0 unspecified atom stereocenters. The van der Waals surface area contributed by atoms with E-state index in [4.69, 9.17) is 4.74 Å². The van der Waals surface area contributed by atoms with Crippen molar-refractivity contribution >= 4 is 11.8 Å². The Bertz CT molecular complexity index is 540. The Morgan fingerprint density at radius 2 is 2.00 bits per heavy atom. The molecular formula is C16H23NO3. The van der Waals surface area contributed by atoms with Crippen molar-refractivity contribution in [1.29, 1.82) is 0 Å². The lowest BCUT2D eigenvalue weighted by Crippen LogP contribution is -2.27. The van der Waals surface area contributed by atoms with Crippen LogP contribution in [-0.4, -0.2) is 23.3 Å². The highest BCUT2D eigenvalue weighted by Crippen LogP contribution is 2.37. The number of H-pyrrole nitrogens is 1. The molecule has 20 heavy (non-hydrogen) atoms. The number of hydrogen-bond acceptors (Lipinski definition) is 3. The van der Waals surface area contributed by atoms with E-state index in [2.05, 4.69) is 18.8 Å². The van der Waals surface area contributed by atoms with Gasteiger partial charge in [0.25, 0.3) is 0 Å². The Morgan fingerprint density at radius 3 is 2.60 bits per heavy atom. The van der Waals surface area contributed by atoms with E-state index in [1.165, 1.54) is 0 Å². The zero-order valence-electron chi connectivity index (χ0n) is 12.8. The first-order valence-corrected chi connectivity index (χ1v) is 7.33. The van der Waals surface area contributed by atoms with Crippen LogP contribution in [0.25, 0.3) is 0 Å². The molecule has 1 aromatic heterocycles. The van der Waals surface area contributed by atoms with E-state index in [1.54, 1.807) is 6.92 Å². The van der Waals surface area contributed by atoms with Crippen LogP contribution in [0.2, 0.25) is 0 Å². The predicted octanol–water partition coefficient (Wildman–Crippen LogP) is 3.30. The average molecular weight is 277 g/mol. The summed E-state index contributed by atoms with van der Waals surface area (Å²) in [5, 5.41) is 0. The smallest absolute Gasteiger partial charge is 0.355 e. The Balaban J connectivity index is 2.50. The Hall–Kier alpha value is -1.58. The number of aromatic amines is 1. The molecule has 0 aromatic carbocycles. The summed E-state index contributed by atoms with van der Waals surface area (Å²) < 4.78 is 5.10. The maximum Gasteiger partial charge on any atom is 0.355 e. The highest BCUT2D eigenvalue weighted by Gasteiger charge is 2.36. The van der Waals surface area contributed by atoms with Crippen molar-refractivity contribution in [1.82, 2.24) is 4.98 Å². The molecule has 0 atom stereocenters. The molecule has 1 heterocycles. The first kappa shape index (κ1) is 14.8. The monoisotopic (exact) mass is 277 g/mol. The van der Waals surface area contributed by atoms with Gasteiger partial charge in [0.2, 0.25) is 0 Å². The number of ketones is 1. The zero-order chi connectivity index (χ0) is 14.9. The van der Waals surface area contributed by atoms with Gasteiger partial charge in [-0.1, -0.05) is 27.2 Å². The van der Waals surface area contributed by atoms with Crippen LogP contribution in [0.1, 0.15) is 72.6 Å². The molecule has 0 saturated heterocycles. The summed E-state index contributed by atoms with van der Waals surface area (Å²) in [5.74, 6) is -0.206. The van der Waals surface area contributed by atoms with Crippen LogP contribution in [0, 0.1) is 5.41 Å². The molecule has 0 saturated carbocycles. The third-order valence-electron chi connectivity index (χ3n) is 3.73. The van der Waals surface area contributed by atoms with Gasteiger partial charge in [0.15, 0.2) is 5.78 Å². The van der Waals surface area contributed by atoms with E-state index in [0.29, 0.717) is 18.7 Å². The number of ether oxygens (including phenoxy) is 1. The SMILES string of the molecule is CCCc1c(C(=O)OCC)[nH]c2c1C(=O)CC(C)(C)C2. The van der Waals surface area contributed by atoms with E-state index in [9.17, 15) is 9.59 Å². The van der Waals surface area contributed by atoms with Crippen LogP contribution >= 0.6 is 0 Å². The maximum absolute atomic E-state index is 12.4. The van der Waals surface area contributed by atoms with E-state index in [-0.39, 0.29) is 17.2 Å². The number of rotatable bonds is 4. The summed E-state index contributed by atoms with van der Waals surface area (Å²) in [4.78, 5) is 27.6. The van der Waals surface area contributed by atoms with Gasteiger partial charge in [-0.05, 0) is 30.7 Å². The third-order valence-corrected chi connectivity index (χ3v) is 3.73. The van der Waals surface area contributed by atoms with Crippen LogP contribution in [-0.2, 0) is 17.6 Å². The summed E-state index contributed by atoms with van der Waals surface area (Å²) in [6.07, 6.45) is 2.96. The third kappa shape index (κ3) is 2.65. The van der Waals surface area contributed by atoms with E-state index in [0.717, 1.165) is 36.1 Å². The van der Waals surface area contributed by atoms with Crippen molar-refractivity contribution in [3.8, 4) is 0 Å². The fraction of sp³-hybridized carbons (Fsp3) is 0.625. The van der Waals surface area contributed by atoms with Gasteiger partial charge in [-0.25, -0.2) is 4.79 Å². The second-order valence-corrected chi connectivity index (χ2v) is 6.24. The summed E-state index contributed by atoms with van der Waals surface area (Å²) in [5.41, 5.74) is 2.92. The van der Waals surface area contributed by atoms with Gasteiger partial charge >= 0.3 is 5.97 Å². The predicted molar refractivity (Wildman–Crippen MR) is 77.2 cm³/mol. The van der Waals surface area contributed by atoms with Crippen LogP contribution in [0.4, 0.5) is 0 Å². The minimum absolute atomic E-state index is 0.0512. The number of aromatic nitrogens is 1. The number of carbonyl (C=O) groups excluding carboxylic acids is 2. The van der Waals surface area contributed by atoms with Crippen molar-refractivity contribution in [2.24, 2.45) is 5.41 Å². The van der Waals surface area contributed by atoms with Crippen molar-refractivity contribution < 1.29 is 14.3 Å². The van der Waals surface area contributed by atoms with Crippen molar-refractivity contribution in [3.05, 3.63) is 22.5 Å². The molecule has 1 aliphatic carbocycles. The molecule has 0 aliphatic heterocycles. The highest BCUT2D eigenvalue weighted by molar-refractivity contribution is 6.03. The van der Waals surface area contributed by atoms with Crippen LogP contribution in [0.15, 0.2) is 0 Å². The molecule has 1 aliphatic rings. The normalized spacial score (nSPS) is 16.9. The lowest BCUT2D eigenvalue weighted by atomic mass is 9.75. The molecule has 110 valence electrons. The Labute approximate surface area is 119 Å². The fourth-order valence-electron chi connectivity index (χ4n) is 3.01. The van der Waals surface area contributed by atoms with Crippen molar-refractivity contribution in [2.75, 3.05) is 6.61 Å². The van der Waals surface area contributed by atoms with Gasteiger partial charge in [-0.15, -0.1) is 0 Å². The highest BCUT2D eigenvalue weighted by atomic mass is 16.5. The minimum Gasteiger partial charge on any atom is -0.461 e. The number of nitrogens with one attached hydrogen (secondary N) is 1. The molecule has 2 rings (SSSR count). The molecule has 0 fully saturated rings. The largest absolute Gasteiger partial charge is 0.461 e. The van der Waals surface area contributed by atoms with Crippen molar-refractivity contribution in [3.63, 3.8) is 0 Å². The summed E-state index contributed by atoms with van der Waals surface area (Å²) >= 11 is 0. The average Bonchev–Trinajstić information content (AvgIpc) is 2.67. The van der Waals surface area contributed by atoms with Crippen LogP contribution in [0.3, 0.4) is 0 Å². The first-order valence-electron chi connectivity index (χ1n) is 7.33. The number of esters is 1. The second-order valence-electron chi connectivity index (χ2n) is 6.24. The van der Waals surface area contributed by atoms with Gasteiger partial charge in [0.05, 0.1) is 6.61 Å². The summed E-state index contributed by atoms with van der Waals surface area (Å²) in [6, 6.07) is 0. The quantitative estimate of drug-likeness (QED) is 0.859. The molecule has 4 heteroatoms. The fourth-order valence-corrected chi connectivity index (χ4v) is 3.01. The van der Waals surface area contributed by atoms with Crippen LogP contribution < -0.4 is 0 Å². The molecule has 0 amide bonds. The Morgan fingerprint density at radius 1 is 1.30 bits per heavy atom. The molecule has 0 bridgehead atoms. The summed E-state index contributed by atoms with van der Waals surface area (Å²) in [6.45, 7) is 8.34. The van der Waals surface area contributed by atoms with Crippen molar-refractivity contribution in [2.45, 2.75) is 53.4 Å². The number of Topliss-reactive ketones (excluding diaryl/α,β-unsaturated/α-hetero) is 1. The minimum atomic E-state index is -0.351. The molecule has 4 nitrogen and oxygen atoms in total. The molecule has 1 N–H and O–H groups in total.